The van der Waals surface area contributed by atoms with Crippen molar-refractivity contribution >= 4 is 43.5 Å². The minimum absolute atomic E-state index is 0.307. The summed E-state index contributed by atoms with van der Waals surface area (Å²) in [5, 5.41) is -0.370. The third kappa shape index (κ3) is 2.34. The Morgan fingerprint density at radius 3 is 2.56 bits per heavy atom. The van der Waals surface area contributed by atoms with Crippen LogP contribution in [0.4, 0.5) is 4.39 Å². The molecule has 0 aliphatic heterocycles. The number of alkyl halides is 1. The molecule has 0 fully saturated rings. The van der Waals surface area contributed by atoms with Crippen LogP contribution in [0.2, 0.25) is 0 Å². The molecule has 0 radical (unpaired) electrons. The maximum absolute atomic E-state index is 13.1. The van der Waals surface area contributed by atoms with Crippen molar-refractivity contribution < 1.29 is 8.81 Å². The maximum Gasteiger partial charge on any atom is 0.173 e. The Labute approximate surface area is 114 Å². The summed E-state index contributed by atoms with van der Waals surface area (Å²) >= 11 is 12.7. The summed E-state index contributed by atoms with van der Waals surface area (Å²) in [7, 11) is 0. The Hall–Kier alpha value is -0.320. The number of benzene rings is 1. The normalized spacial score (nSPS) is 12.8. The second kappa shape index (κ2) is 4.90. The van der Waals surface area contributed by atoms with Crippen molar-refractivity contribution in [2.75, 3.05) is 0 Å². The number of furan rings is 1. The molecule has 0 saturated heterocycles. The summed E-state index contributed by atoms with van der Waals surface area (Å²) < 4.78 is 19.2. The quantitative estimate of drug-likeness (QED) is 0.658. The molecule has 0 spiro atoms. The second-order valence-corrected chi connectivity index (χ2v) is 5.20. The van der Waals surface area contributed by atoms with Crippen LogP contribution in [-0.4, -0.2) is 0 Å². The molecule has 2 aromatic rings. The molecule has 0 aliphatic carbocycles. The lowest BCUT2D eigenvalue weighted by molar-refractivity contribution is 0.537. The lowest BCUT2D eigenvalue weighted by Crippen LogP contribution is -1.93. The summed E-state index contributed by atoms with van der Waals surface area (Å²) in [5.74, 6) is -0.307. The van der Waals surface area contributed by atoms with Crippen LogP contribution in [0.15, 0.2) is 44.1 Å². The van der Waals surface area contributed by atoms with Gasteiger partial charge in [0, 0.05) is 5.56 Å². The second-order valence-electron chi connectivity index (χ2n) is 3.19. The molecule has 0 aliphatic rings. The van der Waals surface area contributed by atoms with Gasteiger partial charge in [0.2, 0.25) is 0 Å². The fourth-order valence-electron chi connectivity index (χ4n) is 1.33. The Morgan fingerprint density at radius 2 is 2.00 bits per heavy atom. The monoisotopic (exact) mass is 366 g/mol. The van der Waals surface area contributed by atoms with Crippen LogP contribution in [-0.2, 0) is 0 Å². The average Bonchev–Trinajstić information content (AvgIpc) is 2.67. The van der Waals surface area contributed by atoms with Gasteiger partial charge < -0.3 is 4.42 Å². The third-order valence-electron chi connectivity index (χ3n) is 2.16. The summed E-state index contributed by atoms with van der Waals surface area (Å²) in [5.41, 5.74) is 1.62. The fourth-order valence-corrected chi connectivity index (χ4v) is 2.64. The third-order valence-corrected chi connectivity index (χ3v) is 3.89. The van der Waals surface area contributed by atoms with Crippen LogP contribution in [0.5, 0.6) is 0 Å². The van der Waals surface area contributed by atoms with Crippen LogP contribution in [0.1, 0.15) is 16.5 Å². The summed E-state index contributed by atoms with van der Waals surface area (Å²) in [6, 6.07) is 6.46. The fraction of sp³-hybridized carbons (Fsp3) is 0.0909. The van der Waals surface area contributed by atoms with E-state index in [1.807, 2.05) is 0 Å². The highest BCUT2D eigenvalue weighted by Crippen LogP contribution is 2.35. The van der Waals surface area contributed by atoms with E-state index >= 15 is 0 Å². The number of halogens is 4. The molecule has 5 heteroatoms. The lowest BCUT2D eigenvalue weighted by Gasteiger charge is -2.09. The molecule has 2 rings (SSSR count). The molecular weight excluding hydrogens is 362 g/mol. The van der Waals surface area contributed by atoms with Crippen LogP contribution < -0.4 is 0 Å². The summed E-state index contributed by atoms with van der Waals surface area (Å²) in [6.07, 6.45) is 1.55. The van der Waals surface area contributed by atoms with E-state index in [0.717, 1.165) is 11.1 Å². The van der Waals surface area contributed by atoms with Crippen molar-refractivity contribution in [1.29, 1.82) is 0 Å². The highest BCUT2D eigenvalue weighted by molar-refractivity contribution is 9.10. The van der Waals surface area contributed by atoms with E-state index in [2.05, 4.69) is 31.9 Å². The van der Waals surface area contributed by atoms with Crippen molar-refractivity contribution in [1.82, 2.24) is 0 Å². The van der Waals surface area contributed by atoms with E-state index in [0.29, 0.717) is 9.14 Å². The van der Waals surface area contributed by atoms with E-state index < -0.39 is 0 Å². The smallest absolute Gasteiger partial charge is 0.173 e. The van der Waals surface area contributed by atoms with Gasteiger partial charge in [0.15, 0.2) is 4.67 Å². The van der Waals surface area contributed by atoms with E-state index in [1.165, 1.54) is 6.07 Å². The topological polar surface area (TPSA) is 13.1 Å². The first-order valence-corrected chi connectivity index (χ1v) is 6.43. The van der Waals surface area contributed by atoms with Gasteiger partial charge in [-0.1, -0.05) is 6.07 Å². The Balaban J connectivity index is 2.38. The Morgan fingerprint density at radius 1 is 1.25 bits per heavy atom. The Kier molecular flexibility index (Phi) is 3.72. The van der Waals surface area contributed by atoms with Gasteiger partial charge in [0.25, 0.3) is 0 Å². The average molecular weight is 368 g/mol. The van der Waals surface area contributed by atoms with Gasteiger partial charge in [-0.15, -0.1) is 11.6 Å². The first-order chi connectivity index (χ1) is 7.59. The molecule has 1 aromatic carbocycles. The van der Waals surface area contributed by atoms with Crippen molar-refractivity contribution in [3.05, 3.63) is 56.6 Å². The molecule has 84 valence electrons. The largest absolute Gasteiger partial charge is 0.457 e. The molecule has 1 aromatic heterocycles. The number of hydrogen-bond acceptors (Lipinski definition) is 1. The molecule has 0 N–H and O–H groups in total. The van der Waals surface area contributed by atoms with Gasteiger partial charge >= 0.3 is 0 Å². The van der Waals surface area contributed by atoms with E-state index in [1.54, 1.807) is 24.5 Å². The van der Waals surface area contributed by atoms with E-state index in [-0.39, 0.29) is 11.2 Å². The predicted octanol–water partition coefficient (Wildman–Crippen LogP) is 5.27. The molecule has 1 atom stereocenters. The van der Waals surface area contributed by atoms with Gasteiger partial charge in [0.05, 0.1) is 16.1 Å². The van der Waals surface area contributed by atoms with E-state index in [4.69, 9.17) is 16.0 Å². The predicted molar refractivity (Wildman–Crippen MR) is 68.2 cm³/mol. The van der Waals surface area contributed by atoms with Crippen LogP contribution in [0.3, 0.4) is 0 Å². The van der Waals surface area contributed by atoms with Gasteiger partial charge in [0.1, 0.15) is 5.82 Å². The molecule has 0 bridgehead atoms. The maximum atomic E-state index is 13.1. The minimum atomic E-state index is -0.370. The van der Waals surface area contributed by atoms with Gasteiger partial charge in [-0.25, -0.2) is 4.39 Å². The molecule has 16 heavy (non-hydrogen) atoms. The standard InChI is InChI=1S/C11H6Br2ClFO/c12-8-5-6(1-2-9(8)15)10(14)7-3-4-16-11(7)13/h1-5,10H. The van der Waals surface area contributed by atoms with Crippen LogP contribution in [0, 0.1) is 5.82 Å². The highest BCUT2D eigenvalue weighted by atomic mass is 79.9. The van der Waals surface area contributed by atoms with Crippen LogP contribution in [0.25, 0.3) is 0 Å². The SMILES string of the molecule is Fc1ccc(C(Cl)c2ccoc2Br)cc1Br. The summed E-state index contributed by atoms with van der Waals surface area (Å²) in [6.45, 7) is 0. The molecule has 1 heterocycles. The van der Waals surface area contributed by atoms with Crippen molar-refractivity contribution in [3.63, 3.8) is 0 Å². The zero-order valence-electron chi connectivity index (χ0n) is 7.88. The minimum Gasteiger partial charge on any atom is -0.457 e. The molecule has 0 amide bonds. The van der Waals surface area contributed by atoms with E-state index in [9.17, 15) is 4.39 Å². The molecule has 1 nitrogen and oxygen atoms in total. The van der Waals surface area contributed by atoms with Crippen molar-refractivity contribution in [2.45, 2.75) is 5.38 Å². The lowest BCUT2D eigenvalue weighted by atomic mass is 10.1. The highest BCUT2D eigenvalue weighted by Gasteiger charge is 2.17. The molecular formula is C11H6Br2ClFO. The van der Waals surface area contributed by atoms with Gasteiger partial charge in [-0.05, 0) is 55.6 Å². The summed E-state index contributed by atoms with van der Waals surface area (Å²) in [4.78, 5) is 0. The van der Waals surface area contributed by atoms with Crippen molar-refractivity contribution in [3.8, 4) is 0 Å². The zero-order valence-corrected chi connectivity index (χ0v) is 11.8. The first-order valence-electron chi connectivity index (χ1n) is 4.41. The van der Waals surface area contributed by atoms with Gasteiger partial charge in [-0.2, -0.15) is 0 Å². The Bertz CT molecular complexity index is 512. The van der Waals surface area contributed by atoms with Crippen LogP contribution >= 0.6 is 43.5 Å². The van der Waals surface area contributed by atoms with Gasteiger partial charge in [-0.3, -0.25) is 0 Å². The first kappa shape index (κ1) is 12.1. The zero-order chi connectivity index (χ0) is 11.7. The number of rotatable bonds is 2. The molecule has 1 unspecified atom stereocenters. The molecule has 0 saturated carbocycles. The number of hydrogen-bond donors (Lipinski definition) is 0. The van der Waals surface area contributed by atoms with Crippen molar-refractivity contribution in [2.24, 2.45) is 0 Å².